The number of hydrogen-bond donors (Lipinski definition) is 1. The van der Waals surface area contributed by atoms with E-state index in [0.717, 1.165) is 32.4 Å². The molecule has 0 aromatic heterocycles. The second kappa shape index (κ2) is 8.18. The first-order valence-electron chi connectivity index (χ1n) is 8.22. The molecule has 1 N–H and O–H groups in total. The molecule has 1 aromatic carbocycles. The van der Waals surface area contributed by atoms with Gasteiger partial charge in [-0.1, -0.05) is 12.1 Å². The Morgan fingerprint density at radius 3 is 2.77 bits per heavy atom. The number of amides is 1. The van der Waals surface area contributed by atoms with Gasteiger partial charge in [-0.2, -0.15) is 0 Å². The number of ether oxygens (including phenoxy) is 1. The highest BCUT2D eigenvalue weighted by atomic mass is 16.5. The molecular weight excluding hydrogens is 276 g/mol. The van der Waals surface area contributed by atoms with Gasteiger partial charge in [-0.3, -0.25) is 4.79 Å². The number of rotatable bonds is 6. The molecule has 4 heteroatoms. The summed E-state index contributed by atoms with van der Waals surface area (Å²) in [4.78, 5) is 14.2. The van der Waals surface area contributed by atoms with Gasteiger partial charge >= 0.3 is 0 Å². The number of anilines is 1. The molecule has 0 radical (unpaired) electrons. The average molecular weight is 304 g/mol. The number of carbonyl (C=O) groups excluding carboxylic acids is 1. The summed E-state index contributed by atoms with van der Waals surface area (Å²) in [5, 5.41) is 3.58. The van der Waals surface area contributed by atoms with Gasteiger partial charge in [0.1, 0.15) is 0 Å². The minimum Gasteiger partial charge on any atom is -0.382 e. The van der Waals surface area contributed by atoms with E-state index in [9.17, 15) is 4.79 Å². The molecule has 22 heavy (non-hydrogen) atoms. The Labute approximate surface area is 133 Å². The van der Waals surface area contributed by atoms with Crippen LogP contribution in [0.15, 0.2) is 24.3 Å². The topological polar surface area (TPSA) is 41.6 Å². The van der Waals surface area contributed by atoms with Crippen LogP contribution in [0.5, 0.6) is 0 Å². The average Bonchev–Trinajstić information content (AvgIpc) is 2.53. The van der Waals surface area contributed by atoms with E-state index in [1.165, 1.54) is 11.3 Å². The largest absolute Gasteiger partial charge is 0.382 e. The Hall–Kier alpha value is -1.55. The molecule has 1 amide bonds. The van der Waals surface area contributed by atoms with Crippen LogP contribution in [-0.2, 0) is 9.53 Å². The summed E-state index contributed by atoms with van der Waals surface area (Å²) in [5.41, 5.74) is 2.45. The van der Waals surface area contributed by atoms with Crippen molar-refractivity contribution in [2.24, 2.45) is 0 Å². The van der Waals surface area contributed by atoms with Crippen molar-refractivity contribution in [1.29, 1.82) is 0 Å². The monoisotopic (exact) mass is 304 g/mol. The molecule has 1 heterocycles. The number of carbonyl (C=O) groups is 1. The smallest absolute Gasteiger partial charge is 0.222 e. The van der Waals surface area contributed by atoms with Crippen molar-refractivity contribution in [2.45, 2.75) is 51.7 Å². The van der Waals surface area contributed by atoms with Crippen molar-refractivity contribution in [3.8, 4) is 0 Å². The standard InChI is InChI=1S/C18H28N2O2/c1-14-5-4-6-17(13-14)19-16-9-11-20(12-10-16)18(21)8-7-15(2)22-3/h4-6,13,15-16,19H,7-12H2,1-3H3/t15-/m0/s1. The van der Waals surface area contributed by atoms with Crippen molar-refractivity contribution in [2.75, 3.05) is 25.5 Å². The SMILES string of the molecule is CO[C@@H](C)CCC(=O)N1CCC(Nc2cccc(C)c2)CC1. The number of likely N-dealkylation sites (tertiary alicyclic amines) is 1. The lowest BCUT2D eigenvalue weighted by molar-refractivity contribution is -0.132. The normalized spacial score (nSPS) is 17.3. The molecule has 1 atom stereocenters. The van der Waals surface area contributed by atoms with E-state index >= 15 is 0 Å². The minimum absolute atomic E-state index is 0.157. The van der Waals surface area contributed by atoms with Crippen LogP contribution in [0.25, 0.3) is 0 Å². The molecule has 4 nitrogen and oxygen atoms in total. The van der Waals surface area contributed by atoms with Gasteiger partial charge in [0, 0.05) is 38.3 Å². The van der Waals surface area contributed by atoms with Crippen LogP contribution in [0.2, 0.25) is 0 Å². The molecule has 1 aliphatic rings. The fraction of sp³-hybridized carbons (Fsp3) is 0.611. The molecule has 0 bridgehead atoms. The maximum atomic E-state index is 12.2. The van der Waals surface area contributed by atoms with Crippen LogP contribution in [0.1, 0.15) is 38.2 Å². The highest BCUT2D eigenvalue weighted by molar-refractivity contribution is 5.76. The fourth-order valence-corrected chi connectivity index (χ4v) is 2.85. The number of benzene rings is 1. The molecule has 0 unspecified atom stereocenters. The van der Waals surface area contributed by atoms with Crippen LogP contribution < -0.4 is 5.32 Å². The summed E-state index contributed by atoms with van der Waals surface area (Å²) in [5.74, 6) is 0.262. The lowest BCUT2D eigenvalue weighted by Crippen LogP contribution is -2.42. The van der Waals surface area contributed by atoms with Gasteiger partial charge in [0.05, 0.1) is 6.10 Å². The molecular formula is C18H28N2O2. The molecule has 1 fully saturated rings. The number of methoxy groups -OCH3 is 1. The molecule has 2 rings (SSSR count). The number of piperidine rings is 1. The number of aryl methyl sites for hydroxylation is 1. The van der Waals surface area contributed by atoms with E-state index in [1.54, 1.807) is 7.11 Å². The lowest BCUT2D eigenvalue weighted by Gasteiger charge is -2.33. The number of nitrogens with one attached hydrogen (secondary N) is 1. The van der Waals surface area contributed by atoms with Crippen molar-refractivity contribution in [3.05, 3.63) is 29.8 Å². The van der Waals surface area contributed by atoms with Crippen molar-refractivity contribution in [3.63, 3.8) is 0 Å². The maximum Gasteiger partial charge on any atom is 0.222 e. The van der Waals surface area contributed by atoms with Gasteiger partial charge in [0.2, 0.25) is 5.91 Å². The summed E-state index contributed by atoms with van der Waals surface area (Å²) in [6.45, 7) is 5.81. The van der Waals surface area contributed by atoms with Gasteiger partial charge in [0.15, 0.2) is 0 Å². The third-order valence-corrected chi connectivity index (χ3v) is 4.40. The van der Waals surface area contributed by atoms with Gasteiger partial charge < -0.3 is 15.0 Å². The summed E-state index contributed by atoms with van der Waals surface area (Å²) in [6, 6.07) is 8.92. The Morgan fingerprint density at radius 2 is 2.14 bits per heavy atom. The quantitative estimate of drug-likeness (QED) is 0.877. The number of hydrogen-bond acceptors (Lipinski definition) is 3. The van der Waals surface area contributed by atoms with Crippen LogP contribution in [0.3, 0.4) is 0 Å². The van der Waals surface area contributed by atoms with Crippen LogP contribution >= 0.6 is 0 Å². The number of nitrogens with zero attached hydrogens (tertiary/aromatic N) is 1. The summed E-state index contributed by atoms with van der Waals surface area (Å²) in [7, 11) is 1.69. The Kier molecular flexibility index (Phi) is 6.25. The molecule has 0 saturated carbocycles. The van der Waals surface area contributed by atoms with Gasteiger partial charge in [-0.25, -0.2) is 0 Å². The molecule has 122 valence electrons. The van der Waals surface area contributed by atoms with E-state index in [0.29, 0.717) is 12.5 Å². The van der Waals surface area contributed by atoms with E-state index in [2.05, 4.69) is 36.5 Å². The van der Waals surface area contributed by atoms with Crippen molar-refractivity contribution < 1.29 is 9.53 Å². The maximum absolute atomic E-state index is 12.2. The van der Waals surface area contributed by atoms with E-state index < -0.39 is 0 Å². The van der Waals surface area contributed by atoms with Crippen LogP contribution in [-0.4, -0.2) is 43.2 Å². The predicted octanol–water partition coefficient (Wildman–Crippen LogP) is 3.21. The zero-order valence-corrected chi connectivity index (χ0v) is 14.0. The van der Waals surface area contributed by atoms with Gasteiger partial charge in [0.25, 0.3) is 0 Å². The second-order valence-electron chi connectivity index (χ2n) is 6.25. The Morgan fingerprint density at radius 1 is 1.41 bits per heavy atom. The zero-order valence-electron chi connectivity index (χ0n) is 14.0. The first-order valence-corrected chi connectivity index (χ1v) is 8.22. The highest BCUT2D eigenvalue weighted by Gasteiger charge is 2.22. The molecule has 1 saturated heterocycles. The Bertz CT molecular complexity index is 482. The zero-order chi connectivity index (χ0) is 15.9. The molecule has 1 aromatic rings. The highest BCUT2D eigenvalue weighted by Crippen LogP contribution is 2.18. The lowest BCUT2D eigenvalue weighted by atomic mass is 10.0. The van der Waals surface area contributed by atoms with E-state index in [4.69, 9.17) is 4.74 Å². The Balaban J connectivity index is 1.74. The minimum atomic E-state index is 0.157. The van der Waals surface area contributed by atoms with Crippen LogP contribution in [0, 0.1) is 6.92 Å². The summed E-state index contributed by atoms with van der Waals surface area (Å²) < 4.78 is 5.20. The van der Waals surface area contributed by atoms with E-state index in [-0.39, 0.29) is 12.0 Å². The second-order valence-corrected chi connectivity index (χ2v) is 6.25. The predicted molar refractivity (Wildman–Crippen MR) is 90.1 cm³/mol. The summed E-state index contributed by atoms with van der Waals surface area (Å²) in [6.07, 6.45) is 3.57. The first kappa shape index (κ1) is 16.8. The molecule has 1 aliphatic heterocycles. The van der Waals surface area contributed by atoms with E-state index in [1.807, 2.05) is 11.8 Å². The third kappa shape index (κ3) is 5.02. The summed E-state index contributed by atoms with van der Waals surface area (Å²) >= 11 is 0. The van der Waals surface area contributed by atoms with Gasteiger partial charge in [-0.05, 0) is 50.8 Å². The fourth-order valence-electron chi connectivity index (χ4n) is 2.85. The molecule has 0 aliphatic carbocycles. The third-order valence-electron chi connectivity index (χ3n) is 4.40. The first-order chi connectivity index (χ1) is 10.6. The van der Waals surface area contributed by atoms with Gasteiger partial charge in [-0.15, -0.1) is 0 Å². The van der Waals surface area contributed by atoms with Crippen molar-refractivity contribution >= 4 is 11.6 Å². The molecule has 0 spiro atoms. The van der Waals surface area contributed by atoms with Crippen LogP contribution in [0.4, 0.5) is 5.69 Å². The van der Waals surface area contributed by atoms with Crippen molar-refractivity contribution in [1.82, 2.24) is 4.90 Å².